The minimum absolute atomic E-state index is 0.0175. The van der Waals surface area contributed by atoms with Crippen LogP contribution in [0.5, 0.6) is 0 Å². The van der Waals surface area contributed by atoms with E-state index in [1.807, 2.05) is 85.4 Å². The van der Waals surface area contributed by atoms with E-state index in [0.717, 1.165) is 39.4 Å². The number of hydrogen-bond acceptors (Lipinski definition) is 5. The Hall–Kier alpha value is -3.07. The molecule has 0 unspecified atom stereocenters. The van der Waals surface area contributed by atoms with Gasteiger partial charge in [-0.25, -0.2) is 4.68 Å². The van der Waals surface area contributed by atoms with Crippen molar-refractivity contribution in [1.82, 2.24) is 15.1 Å². The molecule has 0 bridgehead atoms. The van der Waals surface area contributed by atoms with Crippen LogP contribution in [0, 0.1) is 6.92 Å². The van der Waals surface area contributed by atoms with Gasteiger partial charge in [-0.3, -0.25) is 14.5 Å². The Bertz CT molecular complexity index is 1430. The number of carbonyl (C=O) groups excluding carboxylic acids is 2. The van der Waals surface area contributed by atoms with E-state index >= 15 is 0 Å². The monoisotopic (exact) mass is 564 g/mol. The highest BCUT2D eigenvalue weighted by molar-refractivity contribution is 8.00. The SMILES string of the molecule is CC[C@@H](C)NC(=O)CN1C(=O)CS[C@H](c2cccs2)c2c(-c3ccc(Cl)cc3)nn(-c3ccc(C)cc3)c21. The number of rotatable bonds is 7. The molecule has 9 heteroatoms. The molecular weight excluding hydrogens is 536 g/mol. The van der Waals surface area contributed by atoms with Gasteiger partial charge in [-0.05, 0) is 56.0 Å². The summed E-state index contributed by atoms with van der Waals surface area (Å²) in [6.45, 7) is 5.94. The minimum Gasteiger partial charge on any atom is -0.352 e. The summed E-state index contributed by atoms with van der Waals surface area (Å²) >= 11 is 9.45. The van der Waals surface area contributed by atoms with Crippen molar-refractivity contribution < 1.29 is 9.59 Å². The zero-order valence-corrected chi connectivity index (χ0v) is 23.9. The van der Waals surface area contributed by atoms with E-state index in [2.05, 4.69) is 11.4 Å². The molecule has 38 heavy (non-hydrogen) atoms. The van der Waals surface area contributed by atoms with E-state index in [1.165, 1.54) is 0 Å². The number of nitrogens with one attached hydrogen (secondary N) is 1. The first-order chi connectivity index (χ1) is 18.4. The largest absolute Gasteiger partial charge is 0.352 e. The van der Waals surface area contributed by atoms with Crippen LogP contribution in [0.2, 0.25) is 5.02 Å². The maximum absolute atomic E-state index is 13.7. The molecule has 2 aromatic heterocycles. The maximum atomic E-state index is 13.7. The summed E-state index contributed by atoms with van der Waals surface area (Å²) in [6.07, 6.45) is 0.809. The van der Waals surface area contributed by atoms with Gasteiger partial charge in [0.1, 0.15) is 12.4 Å². The average Bonchev–Trinajstić information content (AvgIpc) is 3.55. The Kier molecular flexibility index (Phi) is 7.93. The molecular formula is C29H29ClN4O2S2. The van der Waals surface area contributed by atoms with Crippen LogP contribution in [0.4, 0.5) is 5.82 Å². The van der Waals surface area contributed by atoms with Gasteiger partial charge in [0, 0.05) is 27.1 Å². The third-order valence-corrected chi connectivity index (χ3v) is 9.18. The standard InChI is InChI=1S/C29H29ClN4O2S2/c1-4-19(3)31-24(35)16-33-25(36)17-38-28(23-6-5-15-37-23)26-27(20-9-11-21(30)12-10-20)32-34(29(26)33)22-13-7-18(2)8-14-22/h5-15,19,28H,4,16-17H2,1-3H3,(H,31,35)/t19-,28-/m1/s1. The number of thiophene rings is 1. The van der Waals surface area contributed by atoms with Crippen molar-refractivity contribution in [3.8, 4) is 16.9 Å². The van der Waals surface area contributed by atoms with Crippen molar-refractivity contribution in [2.45, 2.75) is 38.5 Å². The molecule has 0 saturated heterocycles. The van der Waals surface area contributed by atoms with Crippen LogP contribution in [0.25, 0.3) is 16.9 Å². The summed E-state index contributed by atoms with van der Waals surface area (Å²) in [5.74, 6) is 0.571. The average molecular weight is 565 g/mol. The third-order valence-electron chi connectivity index (χ3n) is 6.61. The molecule has 196 valence electrons. The van der Waals surface area contributed by atoms with Crippen molar-refractivity contribution in [3.63, 3.8) is 0 Å². The second kappa shape index (κ2) is 11.4. The van der Waals surface area contributed by atoms with Gasteiger partial charge in [0.2, 0.25) is 11.8 Å². The van der Waals surface area contributed by atoms with Crippen molar-refractivity contribution in [1.29, 1.82) is 0 Å². The number of amides is 2. The lowest BCUT2D eigenvalue weighted by molar-refractivity contribution is -0.123. The van der Waals surface area contributed by atoms with Gasteiger partial charge in [-0.2, -0.15) is 5.10 Å². The fraction of sp³-hybridized carbons (Fsp3) is 0.276. The normalized spacial score (nSPS) is 16.2. The molecule has 4 aromatic rings. The molecule has 6 nitrogen and oxygen atoms in total. The van der Waals surface area contributed by atoms with Crippen molar-refractivity contribution >= 4 is 52.3 Å². The number of nitrogens with zero attached hydrogens (tertiary/aromatic N) is 3. The Morgan fingerprint density at radius 2 is 1.89 bits per heavy atom. The van der Waals surface area contributed by atoms with Crippen molar-refractivity contribution in [2.75, 3.05) is 17.2 Å². The number of aryl methyl sites for hydroxylation is 1. The Morgan fingerprint density at radius 3 is 2.55 bits per heavy atom. The van der Waals surface area contributed by atoms with Crippen LogP contribution in [0.1, 0.15) is 41.5 Å². The first kappa shape index (κ1) is 26.5. The van der Waals surface area contributed by atoms with Gasteiger partial charge < -0.3 is 5.32 Å². The van der Waals surface area contributed by atoms with Crippen molar-refractivity contribution in [2.24, 2.45) is 0 Å². The van der Waals surface area contributed by atoms with Gasteiger partial charge in [0.25, 0.3) is 0 Å². The molecule has 1 aliphatic heterocycles. The van der Waals surface area contributed by atoms with E-state index in [0.29, 0.717) is 10.8 Å². The molecule has 3 heterocycles. The van der Waals surface area contributed by atoms with E-state index in [1.54, 1.807) is 28.0 Å². The van der Waals surface area contributed by atoms with E-state index in [9.17, 15) is 9.59 Å². The second-order valence-corrected chi connectivity index (χ2v) is 11.9. The molecule has 2 aromatic carbocycles. The highest BCUT2D eigenvalue weighted by Crippen LogP contribution is 2.49. The highest BCUT2D eigenvalue weighted by Gasteiger charge is 2.38. The zero-order valence-electron chi connectivity index (χ0n) is 21.5. The molecule has 2 amide bonds. The lowest BCUT2D eigenvalue weighted by Gasteiger charge is -2.24. The minimum atomic E-state index is -0.192. The van der Waals surface area contributed by atoms with Crippen LogP contribution in [0.15, 0.2) is 66.0 Å². The molecule has 0 saturated carbocycles. The smallest absolute Gasteiger partial charge is 0.240 e. The molecule has 2 atom stereocenters. The fourth-order valence-corrected chi connectivity index (χ4v) is 6.74. The quantitative estimate of drug-likeness (QED) is 0.273. The van der Waals surface area contributed by atoms with E-state index in [4.69, 9.17) is 16.7 Å². The van der Waals surface area contributed by atoms with Crippen LogP contribution in [-0.4, -0.2) is 39.9 Å². The number of benzene rings is 2. The Balaban J connectivity index is 1.76. The molecule has 1 aliphatic rings. The summed E-state index contributed by atoms with van der Waals surface area (Å²) in [5, 5.41) is 10.7. The zero-order chi connectivity index (χ0) is 26.8. The van der Waals surface area contributed by atoms with Gasteiger partial charge >= 0.3 is 0 Å². The summed E-state index contributed by atoms with van der Waals surface area (Å²) in [7, 11) is 0. The number of anilines is 1. The van der Waals surface area contributed by atoms with Crippen molar-refractivity contribution in [3.05, 3.63) is 87.1 Å². The Morgan fingerprint density at radius 1 is 1.16 bits per heavy atom. The predicted molar refractivity (Wildman–Crippen MR) is 158 cm³/mol. The molecule has 0 fully saturated rings. The number of aromatic nitrogens is 2. The predicted octanol–water partition coefficient (Wildman–Crippen LogP) is 6.65. The van der Waals surface area contributed by atoms with Gasteiger partial charge in [-0.1, -0.05) is 54.4 Å². The molecule has 1 N–H and O–H groups in total. The van der Waals surface area contributed by atoms with Crippen LogP contribution >= 0.6 is 34.7 Å². The second-order valence-electron chi connectivity index (χ2n) is 9.40. The number of halogens is 1. The lowest BCUT2D eigenvalue weighted by atomic mass is 10.0. The van der Waals surface area contributed by atoms with E-state index < -0.39 is 0 Å². The maximum Gasteiger partial charge on any atom is 0.240 e. The summed E-state index contributed by atoms with van der Waals surface area (Å²) in [6, 6.07) is 19.8. The van der Waals surface area contributed by atoms with Crippen LogP contribution < -0.4 is 10.2 Å². The molecule has 0 radical (unpaired) electrons. The lowest BCUT2D eigenvalue weighted by Crippen LogP contribution is -2.44. The van der Waals surface area contributed by atoms with Crippen LogP contribution in [-0.2, 0) is 9.59 Å². The summed E-state index contributed by atoms with van der Waals surface area (Å²) < 4.78 is 1.82. The summed E-state index contributed by atoms with van der Waals surface area (Å²) in [5.41, 5.74) is 4.53. The van der Waals surface area contributed by atoms with Crippen LogP contribution in [0.3, 0.4) is 0 Å². The Labute approximate surface area is 236 Å². The molecule has 0 aliphatic carbocycles. The number of fused-ring (bicyclic) bond motifs is 1. The highest BCUT2D eigenvalue weighted by atomic mass is 35.5. The van der Waals surface area contributed by atoms with Gasteiger partial charge in [0.05, 0.1) is 22.4 Å². The van der Waals surface area contributed by atoms with Gasteiger partial charge in [-0.15, -0.1) is 23.1 Å². The third kappa shape index (κ3) is 5.39. The molecule has 0 spiro atoms. The van der Waals surface area contributed by atoms with E-state index in [-0.39, 0.29) is 35.4 Å². The number of thioether (sulfide) groups is 1. The molecule has 5 rings (SSSR count). The first-order valence-corrected chi connectivity index (χ1v) is 14.9. The number of hydrogen-bond donors (Lipinski definition) is 1. The van der Waals surface area contributed by atoms with Gasteiger partial charge in [0.15, 0.2) is 0 Å². The summed E-state index contributed by atoms with van der Waals surface area (Å²) in [4.78, 5) is 29.5. The topological polar surface area (TPSA) is 67.2 Å². The first-order valence-electron chi connectivity index (χ1n) is 12.6. The fourth-order valence-electron chi connectivity index (χ4n) is 4.44. The number of carbonyl (C=O) groups is 2.